The molecule has 1 aromatic rings. The number of amides is 1. The molecule has 0 spiro atoms. The van der Waals surface area contributed by atoms with Gasteiger partial charge in [-0.2, -0.15) is 0 Å². The van der Waals surface area contributed by atoms with E-state index in [2.05, 4.69) is 4.72 Å². The number of anilines is 1. The molecule has 0 aromatic heterocycles. The van der Waals surface area contributed by atoms with Gasteiger partial charge in [0.2, 0.25) is 15.9 Å². The van der Waals surface area contributed by atoms with E-state index in [1.807, 2.05) is 0 Å². The number of nitrogens with zero attached hydrogens (tertiary/aromatic N) is 1. The summed E-state index contributed by atoms with van der Waals surface area (Å²) in [7, 11) is -0.410. The first-order chi connectivity index (χ1) is 9.16. The van der Waals surface area contributed by atoms with Gasteiger partial charge in [0.25, 0.3) is 0 Å². The second-order valence-corrected chi connectivity index (χ2v) is 6.57. The maximum Gasteiger partial charge on any atom is 0.241 e. The summed E-state index contributed by atoms with van der Waals surface area (Å²) in [6.07, 6.45) is 0.118. The van der Waals surface area contributed by atoms with Crippen molar-refractivity contribution in [2.45, 2.75) is 25.2 Å². The molecule has 0 heterocycles. The molecule has 0 aliphatic heterocycles. The summed E-state index contributed by atoms with van der Waals surface area (Å²) >= 11 is 0. The lowest BCUT2D eigenvalue weighted by Crippen LogP contribution is -2.31. The monoisotopic (exact) mass is 299 g/mol. The number of carbonyl (C=O) groups is 1. The average Bonchev–Trinajstić information content (AvgIpc) is 2.33. The van der Waals surface area contributed by atoms with Gasteiger partial charge >= 0.3 is 0 Å². The van der Waals surface area contributed by atoms with Crippen molar-refractivity contribution in [2.75, 3.05) is 26.4 Å². The fourth-order valence-electron chi connectivity index (χ4n) is 1.84. The van der Waals surface area contributed by atoms with Crippen LogP contribution in [0.1, 0.15) is 17.5 Å². The smallest absolute Gasteiger partial charge is 0.241 e. The molecular formula is C13H21N3O3S. The normalized spacial score (nSPS) is 11.4. The lowest BCUT2D eigenvalue weighted by molar-refractivity contribution is -0.128. The minimum Gasteiger partial charge on any atom is -0.398 e. The molecule has 1 amide bonds. The van der Waals surface area contributed by atoms with E-state index in [1.165, 1.54) is 4.90 Å². The second kappa shape index (κ2) is 6.23. The quantitative estimate of drug-likeness (QED) is 0.780. The fourth-order valence-corrected chi connectivity index (χ4v) is 3.37. The Morgan fingerprint density at radius 3 is 2.45 bits per heavy atom. The molecule has 1 aromatic carbocycles. The number of aryl methyl sites for hydroxylation is 1. The molecule has 0 bridgehead atoms. The van der Waals surface area contributed by atoms with Crippen LogP contribution < -0.4 is 10.5 Å². The average molecular weight is 299 g/mol. The first kappa shape index (κ1) is 16.5. The van der Waals surface area contributed by atoms with E-state index in [0.29, 0.717) is 16.8 Å². The minimum absolute atomic E-state index is 0.0625. The molecule has 0 atom stereocenters. The first-order valence-electron chi connectivity index (χ1n) is 6.22. The SMILES string of the molecule is Cc1ccc(N)c(C)c1S(=O)(=O)NCCC(=O)N(C)C. The fraction of sp³-hybridized carbons (Fsp3) is 0.462. The van der Waals surface area contributed by atoms with Crippen molar-refractivity contribution in [1.29, 1.82) is 0 Å². The van der Waals surface area contributed by atoms with Gasteiger partial charge in [0.05, 0.1) is 4.90 Å². The molecule has 0 unspecified atom stereocenters. The summed E-state index contributed by atoms with van der Waals surface area (Å²) in [6, 6.07) is 3.35. The zero-order chi connectivity index (χ0) is 15.5. The molecular weight excluding hydrogens is 278 g/mol. The van der Waals surface area contributed by atoms with Gasteiger partial charge in [0.15, 0.2) is 0 Å². The molecule has 112 valence electrons. The van der Waals surface area contributed by atoms with Crippen LogP contribution in [0.15, 0.2) is 17.0 Å². The van der Waals surface area contributed by atoms with E-state index in [9.17, 15) is 13.2 Å². The molecule has 6 nitrogen and oxygen atoms in total. The standard InChI is InChI=1S/C13H21N3O3S/c1-9-5-6-11(14)10(2)13(9)20(18,19)15-8-7-12(17)16(3)4/h5-6,15H,7-8,14H2,1-4H3. The highest BCUT2D eigenvalue weighted by Crippen LogP contribution is 2.24. The van der Waals surface area contributed by atoms with Crippen LogP contribution in [0.25, 0.3) is 0 Å². The van der Waals surface area contributed by atoms with Crippen LogP contribution in [0.4, 0.5) is 5.69 Å². The molecule has 1 rings (SSSR count). The Morgan fingerprint density at radius 1 is 1.30 bits per heavy atom. The largest absolute Gasteiger partial charge is 0.398 e. The van der Waals surface area contributed by atoms with Crippen LogP contribution >= 0.6 is 0 Å². The minimum atomic E-state index is -3.67. The van der Waals surface area contributed by atoms with Gasteiger partial charge < -0.3 is 10.6 Å². The number of rotatable bonds is 5. The first-order valence-corrected chi connectivity index (χ1v) is 7.70. The third kappa shape index (κ3) is 3.71. The van der Waals surface area contributed by atoms with Gasteiger partial charge in [-0.15, -0.1) is 0 Å². The molecule has 0 saturated carbocycles. The van der Waals surface area contributed by atoms with Crippen molar-refractivity contribution in [3.63, 3.8) is 0 Å². The predicted octanol–water partition coefficient (Wildman–Crippen LogP) is 0.642. The van der Waals surface area contributed by atoms with Crippen molar-refractivity contribution >= 4 is 21.6 Å². The highest BCUT2D eigenvalue weighted by Gasteiger charge is 2.20. The second-order valence-electron chi connectivity index (χ2n) is 4.86. The van der Waals surface area contributed by atoms with Gasteiger partial charge in [-0.25, -0.2) is 13.1 Å². The Bertz CT molecular complexity index is 610. The maximum absolute atomic E-state index is 12.3. The number of hydrogen-bond acceptors (Lipinski definition) is 4. The van der Waals surface area contributed by atoms with Crippen LogP contribution in [0, 0.1) is 13.8 Å². The van der Waals surface area contributed by atoms with Crippen molar-refractivity contribution in [2.24, 2.45) is 0 Å². The number of nitrogens with one attached hydrogen (secondary N) is 1. The van der Waals surface area contributed by atoms with Crippen molar-refractivity contribution in [3.8, 4) is 0 Å². The molecule has 3 N–H and O–H groups in total. The number of carbonyl (C=O) groups excluding carboxylic acids is 1. The van der Waals surface area contributed by atoms with Gasteiger partial charge in [0.1, 0.15) is 0 Å². The lowest BCUT2D eigenvalue weighted by Gasteiger charge is -2.14. The highest BCUT2D eigenvalue weighted by atomic mass is 32.2. The van der Waals surface area contributed by atoms with E-state index in [4.69, 9.17) is 5.73 Å². The van der Waals surface area contributed by atoms with Gasteiger partial charge in [-0.05, 0) is 31.0 Å². The van der Waals surface area contributed by atoms with Crippen LogP contribution in [-0.2, 0) is 14.8 Å². The number of nitrogens with two attached hydrogens (primary N) is 1. The Morgan fingerprint density at radius 2 is 1.90 bits per heavy atom. The summed E-state index contributed by atoms with van der Waals surface area (Å²) < 4.78 is 27.0. The lowest BCUT2D eigenvalue weighted by atomic mass is 10.1. The van der Waals surface area contributed by atoms with E-state index >= 15 is 0 Å². The van der Waals surface area contributed by atoms with Crippen LogP contribution in [-0.4, -0.2) is 39.9 Å². The Hall–Kier alpha value is -1.60. The van der Waals surface area contributed by atoms with Crippen LogP contribution in [0.2, 0.25) is 0 Å². The summed E-state index contributed by atoms with van der Waals surface area (Å²) in [6.45, 7) is 3.45. The van der Waals surface area contributed by atoms with Crippen molar-refractivity contribution in [3.05, 3.63) is 23.3 Å². The van der Waals surface area contributed by atoms with Gasteiger partial charge in [-0.1, -0.05) is 6.07 Å². The van der Waals surface area contributed by atoms with Gasteiger partial charge in [0, 0.05) is 32.7 Å². The van der Waals surface area contributed by atoms with Crippen molar-refractivity contribution < 1.29 is 13.2 Å². The third-order valence-corrected chi connectivity index (χ3v) is 4.79. The van der Waals surface area contributed by atoms with E-state index in [-0.39, 0.29) is 23.8 Å². The Balaban J connectivity index is 2.91. The highest BCUT2D eigenvalue weighted by molar-refractivity contribution is 7.89. The molecule has 7 heteroatoms. The van der Waals surface area contributed by atoms with Crippen LogP contribution in [0.5, 0.6) is 0 Å². The zero-order valence-corrected chi connectivity index (χ0v) is 13.0. The zero-order valence-electron chi connectivity index (χ0n) is 12.2. The third-order valence-electron chi connectivity index (χ3n) is 3.04. The number of sulfonamides is 1. The number of nitrogen functional groups attached to an aromatic ring is 1. The summed E-state index contributed by atoms with van der Waals surface area (Å²) in [5.74, 6) is -0.131. The Labute approximate surface area is 120 Å². The van der Waals surface area contributed by atoms with Crippen LogP contribution in [0.3, 0.4) is 0 Å². The predicted molar refractivity (Wildman–Crippen MR) is 78.8 cm³/mol. The molecule has 0 aliphatic carbocycles. The maximum atomic E-state index is 12.3. The number of benzene rings is 1. The van der Waals surface area contributed by atoms with Crippen molar-refractivity contribution in [1.82, 2.24) is 9.62 Å². The molecule has 0 aliphatic rings. The summed E-state index contributed by atoms with van der Waals surface area (Å²) in [5, 5.41) is 0. The van der Waals surface area contributed by atoms with E-state index in [0.717, 1.165) is 0 Å². The summed E-state index contributed by atoms with van der Waals surface area (Å²) in [5.41, 5.74) is 7.33. The molecule has 0 fully saturated rings. The molecule has 20 heavy (non-hydrogen) atoms. The number of hydrogen-bond donors (Lipinski definition) is 2. The topological polar surface area (TPSA) is 92.5 Å². The summed E-state index contributed by atoms with van der Waals surface area (Å²) in [4.78, 5) is 13.0. The molecule has 0 saturated heterocycles. The van der Waals surface area contributed by atoms with Gasteiger partial charge in [-0.3, -0.25) is 4.79 Å². The molecule has 0 radical (unpaired) electrons. The van der Waals surface area contributed by atoms with E-state index in [1.54, 1.807) is 40.1 Å². The van der Waals surface area contributed by atoms with E-state index < -0.39 is 10.0 Å². The Kier molecular flexibility index (Phi) is 5.13.